The van der Waals surface area contributed by atoms with Gasteiger partial charge in [-0.1, -0.05) is 24.3 Å². The number of hydrogen-bond donors (Lipinski definition) is 2. The summed E-state index contributed by atoms with van der Waals surface area (Å²) < 4.78 is 0. The minimum atomic E-state index is -1.45. The summed E-state index contributed by atoms with van der Waals surface area (Å²) >= 11 is 0. The molecule has 0 radical (unpaired) electrons. The van der Waals surface area contributed by atoms with Crippen molar-refractivity contribution in [1.29, 1.82) is 0 Å². The lowest BCUT2D eigenvalue weighted by molar-refractivity contribution is -0.297. The number of aliphatic carboxylic acids is 1. The molecular weight excluding hydrogens is 296 g/mol. The zero-order valence-electron chi connectivity index (χ0n) is 12.0. The molecule has 0 aromatic heterocycles. The van der Waals surface area contributed by atoms with Crippen molar-refractivity contribution in [3.63, 3.8) is 0 Å². The fourth-order valence-corrected chi connectivity index (χ4v) is 1.80. The fourth-order valence-electron chi connectivity index (χ4n) is 1.80. The van der Waals surface area contributed by atoms with Crippen LogP contribution >= 0.6 is 0 Å². The lowest BCUT2D eigenvalue weighted by Crippen LogP contribution is -2.20. The van der Waals surface area contributed by atoms with Crippen LogP contribution in [0.4, 0.5) is 11.4 Å². The third kappa shape index (κ3) is 5.13. The molecule has 0 fully saturated rings. The third-order valence-corrected chi connectivity index (χ3v) is 2.79. The summed E-state index contributed by atoms with van der Waals surface area (Å²) in [6.07, 6.45) is 1.49. The Hall–Kier alpha value is -3.41. The van der Waals surface area contributed by atoms with Gasteiger partial charge < -0.3 is 20.5 Å². The Morgan fingerprint density at radius 2 is 1.48 bits per heavy atom. The average Bonchev–Trinajstić information content (AvgIpc) is 2.54. The molecule has 2 N–H and O–H groups in total. The minimum Gasteiger partial charge on any atom is -0.545 e. The first-order valence-corrected chi connectivity index (χ1v) is 6.71. The molecule has 0 atom stereocenters. The monoisotopic (exact) mass is 309 g/mol. The summed E-state index contributed by atoms with van der Waals surface area (Å²) in [6, 6.07) is 15.2. The van der Waals surface area contributed by atoms with E-state index < -0.39 is 11.9 Å². The molecule has 0 saturated carbocycles. The standard InChI is InChI=1S/C17H14N2O4/c20-15(9-10-16(21)22)18-13-7-4-8-14(11-13)19-17(23)12-5-2-1-3-6-12/h1-11H,(H,18,20)(H,19,23)(H,21,22)/p-1/b10-9-. The molecular formula is C17H13N2O4-. The smallest absolute Gasteiger partial charge is 0.255 e. The van der Waals surface area contributed by atoms with Gasteiger partial charge in [-0.05, 0) is 36.4 Å². The van der Waals surface area contributed by atoms with Crippen LogP contribution in [0.2, 0.25) is 0 Å². The Balaban J connectivity index is 2.04. The molecule has 2 aromatic carbocycles. The first-order chi connectivity index (χ1) is 11.0. The van der Waals surface area contributed by atoms with Gasteiger partial charge in [0.25, 0.3) is 5.91 Å². The molecule has 0 unspecified atom stereocenters. The normalized spacial score (nSPS) is 10.3. The lowest BCUT2D eigenvalue weighted by atomic mass is 10.2. The second kappa shape index (κ2) is 7.56. The van der Waals surface area contributed by atoms with Crippen molar-refractivity contribution in [2.45, 2.75) is 0 Å². The molecule has 116 valence electrons. The first-order valence-electron chi connectivity index (χ1n) is 6.71. The molecule has 0 aliphatic heterocycles. The molecule has 6 nitrogen and oxygen atoms in total. The Morgan fingerprint density at radius 1 is 0.826 bits per heavy atom. The summed E-state index contributed by atoms with van der Waals surface area (Å²) in [5, 5.41) is 15.4. The van der Waals surface area contributed by atoms with Crippen molar-refractivity contribution in [3.8, 4) is 0 Å². The molecule has 0 heterocycles. The SMILES string of the molecule is O=C([O-])/C=C\C(=O)Nc1cccc(NC(=O)c2ccccc2)c1. The first kappa shape index (κ1) is 16.0. The Kier molecular flexibility index (Phi) is 5.25. The zero-order chi connectivity index (χ0) is 16.7. The second-order valence-corrected chi connectivity index (χ2v) is 4.54. The van der Waals surface area contributed by atoms with Crippen LogP contribution in [0.5, 0.6) is 0 Å². The lowest BCUT2D eigenvalue weighted by Gasteiger charge is -2.08. The number of amides is 2. The summed E-state index contributed by atoms with van der Waals surface area (Å²) in [4.78, 5) is 33.8. The van der Waals surface area contributed by atoms with Crippen molar-refractivity contribution in [3.05, 3.63) is 72.3 Å². The van der Waals surface area contributed by atoms with Gasteiger partial charge in [-0.25, -0.2) is 0 Å². The van der Waals surface area contributed by atoms with Gasteiger partial charge in [-0.2, -0.15) is 0 Å². The van der Waals surface area contributed by atoms with Gasteiger partial charge in [0.15, 0.2) is 0 Å². The number of benzene rings is 2. The number of nitrogens with one attached hydrogen (secondary N) is 2. The topological polar surface area (TPSA) is 98.3 Å². The Bertz CT molecular complexity index is 754. The molecule has 2 aromatic rings. The van der Waals surface area contributed by atoms with E-state index >= 15 is 0 Å². The van der Waals surface area contributed by atoms with Crippen LogP contribution in [0.15, 0.2) is 66.7 Å². The minimum absolute atomic E-state index is 0.272. The maximum absolute atomic E-state index is 12.0. The van der Waals surface area contributed by atoms with Gasteiger partial charge in [0.05, 0.1) is 5.97 Å². The number of anilines is 2. The molecule has 2 rings (SSSR count). The second-order valence-electron chi connectivity index (χ2n) is 4.54. The largest absolute Gasteiger partial charge is 0.545 e. The number of carboxylic acids is 1. The van der Waals surface area contributed by atoms with Crippen molar-refractivity contribution in [1.82, 2.24) is 0 Å². The molecule has 0 aliphatic carbocycles. The summed E-state index contributed by atoms with van der Waals surface area (Å²) in [7, 11) is 0. The highest BCUT2D eigenvalue weighted by atomic mass is 16.4. The van der Waals surface area contributed by atoms with Gasteiger partial charge >= 0.3 is 0 Å². The van der Waals surface area contributed by atoms with Crippen LogP contribution in [0.3, 0.4) is 0 Å². The Labute approximate surface area is 132 Å². The number of hydrogen-bond acceptors (Lipinski definition) is 4. The van der Waals surface area contributed by atoms with Crippen molar-refractivity contribution < 1.29 is 19.5 Å². The molecule has 0 aliphatic rings. The van der Waals surface area contributed by atoms with E-state index in [1.54, 1.807) is 48.5 Å². The van der Waals surface area contributed by atoms with Crippen LogP contribution in [-0.4, -0.2) is 17.8 Å². The number of rotatable bonds is 5. The molecule has 23 heavy (non-hydrogen) atoms. The zero-order valence-corrected chi connectivity index (χ0v) is 12.0. The summed E-state index contributed by atoms with van der Waals surface area (Å²) in [6.45, 7) is 0. The maximum Gasteiger partial charge on any atom is 0.255 e. The number of carbonyl (C=O) groups is 3. The molecule has 6 heteroatoms. The van der Waals surface area contributed by atoms with Crippen molar-refractivity contribution in [2.75, 3.05) is 10.6 Å². The molecule has 2 amide bonds. The number of carbonyl (C=O) groups excluding carboxylic acids is 3. The average molecular weight is 309 g/mol. The molecule has 0 spiro atoms. The quantitative estimate of drug-likeness (QED) is 0.810. The van der Waals surface area contributed by atoms with Gasteiger partial charge in [0.1, 0.15) is 0 Å². The van der Waals surface area contributed by atoms with E-state index in [1.807, 2.05) is 6.07 Å². The highest BCUT2D eigenvalue weighted by Crippen LogP contribution is 2.16. The third-order valence-electron chi connectivity index (χ3n) is 2.79. The summed E-state index contributed by atoms with van der Waals surface area (Å²) in [5.41, 5.74) is 1.43. The Morgan fingerprint density at radius 3 is 2.13 bits per heavy atom. The highest BCUT2D eigenvalue weighted by Gasteiger charge is 2.06. The van der Waals surface area contributed by atoms with Crippen LogP contribution in [0, 0.1) is 0 Å². The predicted molar refractivity (Wildman–Crippen MR) is 83.6 cm³/mol. The van der Waals surface area contributed by atoms with Crippen LogP contribution in [0.25, 0.3) is 0 Å². The van der Waals surface area contributed by atoms with E-state index in [2.05, 4.69) is 10.6 Å². The molecule has 0 bridgehead atoms. The maximum atomic E-state index is 12.0. The van der Waals surface area contributed by atoms with Gasteiger partial charge in [0, 0.05) is 23.0 Å². The van der Waals surface area contributed by atoms with Crippen molar-refractivity contribution >= 4 is 29.2 Å². The van der Waals surface area contributed by atoms with Gasteiger partial charge in [0.2, 0.25) is 5.91 Å². The van der Waals surface area contributed by atoms with Crippen molar-refractivity contribution in [2.24, 2.45) is 0 Å². The fraction of sp³-hybridized carbons (Fsp3) is 0. The van der Waals surface area contributed by atoms with E-state index in [0.717, 1.165) is 6.08 Å². The molecule has 0 saturated heterocycles. The number of carboxylic acid groups (broad SMARTS) is 1. The van der Waals surface area contributed by atoms with E-state index in [-0.39, 0.29) is 5.91 Å². The van der Waals surface area contributed by atoms with E-state index in [4.69, 9.17) is 0 Å². The van der Waals surface area contributed by atoms with Crippen LogP contribution in [0.1, 0.15) is 10.4 Å². The van der Waals surface area contributed by atoms with Crippen LogP contribution < -0.4 is 15.7 Å². The summed E-state index contributed by atoms with van der Waals surface area (Å²) in [5.74, 6) is -2.34. The van der Waals surface area contributed by atoms with E-state index in [1.165, 1.54) is 0 Å². The highest BCUT2D eigenvalue weighted by molar-refractivity contribution is 6.05. The van der Waals surface area contributed by atoms with Gasteiger partial charge in [-0.3, -0.25) is 9.59 Å². The van der Waals surface area contributed by atoms with Gasteiger partial charge in [-0.15, -0.1) is 0 Å². The van der Waals surface area contributed by atoms with Crippen LogP contribution in [-0.2, 0) is 9.59 Å². The predicted octanol–water partition coefficient (Wildman–Crippen LogP) is 1.18. The van der Waals surface area contributed by atoms with E-state index in [9.17, 15) is 19.5 Å². The van der Waals surface area contributed by atoms with E-state index in [0.29, 0.717) is 23.0 Å².